The van der Waals surface area contributed by atoms with Crippen LogP contribution in [0.25, 0.3) is 16.9 Å². The summed E-state index contributed by atoms with van der Waals surface area (Å²) in [4.78, 5) is 4.71. The van der Waals surface area contributed by atoms with E-state index in [1.807, 2.05) is 65.2 Å². The van der Waals surface area contributed by atoms with E-state index in [0.717, 1.165) is 52.0 Å². The Kier molecular flexibility index (Phi) is 4.52. The molecule has 1 aliphatic heterocycles. The zero-order chi connectivity index (χ0) is 19.6. The molecule has 0 unspecified atom stereocenters. The fraction of sp³-hybridized carbons (Fsp3) is 0.217. The van der Waals surface area contributed by atoms with Crippen LogP contribution in [0.15, 0.2) is 60.7 Å². The van der Waals surface area contributed by atoms with Gasteiger partial charge in [-0.3, -0.25) is 0 Å². The molecular weight excluding hydrogens is 366 g/mol. The van der Waals surface area contributed by atoms with Crippen molar-refractivity contribution in [3.63, 3.8) is 0 Å². The molecule has 6 heteroatoms. The molecule has 0 saturated carbocycles. The lowest BCUT2D eigenvalue weighted by atomic mass is 10.1. The van der Waals surface area contributed by atoms with E-state index in [0.29, 0.717) is 19.6 Å². The number of hydrogen-bond acceptors (Lipinski definition) is 5. The van der Waals surface area contributed by atoms with E-state index in [-0.39, 0.29) is 0 Å². The molecule has 0 bridgehead atoms. The van der Waals surface area contributed by atoms with Crippen molar-refractivity contribution in [2.45, 2.75) is 12.8 Å². The number of rotatable bonds is 4. The van der Waals surface area contributed by atoms with E-state index in [4.69, 9.17) is 24.3 Å². The second-order valence-electron chi connectivity index (χ2n) is 6.95. The van der Waals surface area contributed by atoms with Gasteiger partial charge in [-0.2, -0.15) is 5.10 Å². The summed E-state index contributed by atoms with van der Waals surface area (Å²) < 4.78 is 18.7. The van der Waals surface area contributed by atoms with Gasteiger partial charge in [0.05, 0.1) is 26.0 Å². The van der Waals surface area contributed by atoms with E-state index in [1.165, 1.54) is 0 Å². The van der Waals surface area contributed by atoms with Crippen LogP contribution in [-0.2, 0) is 6.42 Å². The number of pyridine rings is 1. The number of benzene rings is 2. The summed E-state index contributed by atoms with van der Waals surface area (Å²) in [6.07, 6.45) is 1.52. The van der Waals surface area contributed by atoms with Crippen LogP contribution in [0.5, 0.6) is 17.2 Å². The largest absolute Gasteiger partial charge is 0.497 e. The normalized spacial score (nSPS) is 13.3. The molecule has 2 aromatic heterocycles. The zero-order valence-electron chi connectivity index (χ0n) is 16.2. The average Bonchev–Trinajstić information content (AvgIpc) is 3.02. The van der Waals surface area contributed by atoms with Gasteiger partial charge in [0.1, 0.15) is 5.75 Å². The van der Waals surface area contributed by atoms with Gasteiger partial charge >= 0.3 is 0 Å². The Labute approximate surface area is 168 Å². The van der Waals surface area contributed by atoms with E-state index in [2.05, 4.69) is 0 Å². The first-order valence-corrected chi connectivity index (χ1v) is 9.68. The Balaban J connectivity index is 1.46. The first-order chi connectivity index (χ1) is 14.3. The highest BCUT2D eigenvalue weighted by Crippen LogP contribution is 2.31. The highest BCUT2D eigenvalue weighted by atomic mass is 16.5. The minimum atomic E-state index is 0.625. The number of ether oxygens (including phenoxy) is 3. The highest BCUT2D eigenvalue weighted by molar-refractivity contribution is 5.63. The summed E-state index contributed by atoms with van der Waals surface area (Å²) in [6.45, 7) is 1.36. The minimum absolute atomic E-state index is 0.625. The molecule has 3 heterocycles. The molecule has 1 aliphatic rings. The molecule has 0 saturated heterocycles. The molecule has 4 aromatic rings. The third-order valence-corrected chi connectivity index (χ3v) is 4.96. The van der Waals surface area contributed by atoms with Crippen molar-refractivity contribution in [2.75, 3.05) is 20.3 Å². The third kappa shape index (κ3) is 3.49. The van der Waals surface area contributed by atoms with Crippen molar-refractivity contribution < 1.29 is 14.2 Å². The fourth-order valence-electron chi connectivity index (χ4n) is 3.51. The molecule has 0 N–H and O–H groups in total. The molecular formula is C23H21N3O3. The van der Waals surface area contributed by atoms with Gasteiger partial charge in [-0.05, 0) is 54.1 Å². The molecule has 0 spiro atoms. The van der Waals surface area contributed by atoms with Crippen molar-refractivity contribution >= 4 is 5.65 Å². The summed E-state index contributed by atoms with van der Waals surface area (Å²) >= 11 is 0. The molecule has 0 radical (unpaired) electrons. The first-order valence-electron chi connectivity index (χ1n) is 9.68. The van der Waals surface area contributed by atoms with E-state index >= 15 is 0 Å². The lowest BCUT2D eigenvalue weighted by molar-refractivity contribution is 0.297. The molecule has 0 aliphatic carbocycles. The molecule has 6 nitrogen and oxygen atoms in total. The fourth-order valence-corrected chi connectivity index (χ4v) is 3.51. The number of aromatic nitrogens is 3. The molecule has 5 rings (SSSR count). The van der Waals surface area contributed by atoms with Gasteiger partial charge in [-0.15, -0.1) is 0 Å². The summed E-state index contributed by atoms with van der Waals surface area (Å²) in [5.41, 5.74) is 3.96. The van der Waals surface area contributed by atoms with Crippen molar-refractivity contribution in [1.29, 1.82) is 0 Å². The summed E-state index contributed by atoms with van der Waals surface area (Å²) in [6, 6.07) is 20.0. The summed E-state index contributed by atoms with van der Waals surface area (Å²) in [7, 11) is 1.67. The lowest BCUT2D eigenvalue weighted by Crippen LogP contribution is -1.97. The van der Waals surface area contributed by atoms with Crippen LogP contribution in [0.2, 0.25) is 0 Å². The van der Waals surface area contributed by atoms with Gasteiger partial charge < -0.3 is 14.2 Å². The predicted molar refractivity (Wildman–Crippen MR) is 110 cm³/mol. The maximum atomic E-state index is 5.80. The Morgan fingerprint density at radius 2 is 1.79 bits per heavy atom. The van der Waals surface area contributed by atoms with E-state index in [1.54, 1.807) is 7.11 Å². The van der Waals surface area contributed by atoms with Crippen LogP contribution in [0.1, 0.15) is 17.8 Å². The second-order valence-corrected chi connectivity index (χ2v) is 6.95. The number of fused-ring (bicyclic) bond motifs is 2. The minimum Gasteiger partial charge on any atom is -0.497 e. The van der Waals surface area contributed by atoms with Crippen molar-refractivity contribution in [1.82, 2.24) is 14.6 Å². The van der Waals surface area contributed by atoms with Gasteiger partial charge in [0.25, 0.3) is 0 Å². The Morgan fingerprint density at radius 3 is 2.62 bits per heavy atom. The Morgan fingerprint density at radius 1 is 0.966 bits per heavy atom. The van der Waals surface area contributed by atoms with Crippen LogP contribution in [-0.4, -0.2) is 34.9 Å². The van der Waals surface area contributed by atoms with Crippen LogP contribution in [0.3, 0.4) is 0 Å². The maximum absolute atomic E-state index is 5.80. The molecule has 2 aromatic carbocycles. The maximum Gasteiger partial charge on any atom is 0.161 e. The van der Waals surface area contributed by atoms with Crippen LogP contribution in [0, 0.1) is 0 Å². The number of nitrogens with zero attached hydrogens (tertiary/aromatic N) is 3. The lowest BCUT2D eigenvalue weighted by Gasteiger charge is -2.08. The van der Waals surface area contributed by atoms with Gasteiger partial charge in [0.2, 0.25) is 0 Å². The molecule has 0 atom stereocenters. The van der Waals surface area contributed by atoms with Crippen LogP contribution in [0.4, 0.5) is 0 Å². The van der Waals surface area contributed by atoms with E-state index < -0.39 is 0 Å². The predicted octanol–water partition coefficient (Wildman–Crippen LogP) is 4.16. The van der Waals surface area contributed by atoms with Crippen molar-refractivity contribution in [3.05, 3.63) is 72.1 Å². The first kappa shape index (κ1) is 17.6. The standard InChI is InChI=1S/C23H21N3O3/c1-27-18-9-7-17(8-10-18)19-4-2-5-23-24-22(25-26(19)23)15-16-6-11-20-21(14-16)29-13-3-12-28-20/h2,4-11,14H,3,12-13,15H2,1H3. The molecule has 0 amide bonds. The number of hydrogen-bond donors (Lipinski definition) is 0. The van der Waals surface area contributed by atoms with Crippen molar-refractivity contribution in [3.8, 4) is 28.5 Å². The Hall–Kier alpha value is -3.54. The van der Waals surface area contributed by atoms with Gasteiger partial charge in [0, 0.05) is 18.4 Å². The van der Waals surface area contributed by atoms with Crippen molar-refractivity contribution in [2.24, 2.45) is 0 Å². The smallest absolute Gasteiger partial charge is 0.161 e. The molecule has 146 valence electrons. The summed E-state index contributed by atoms with van der Waals surface area (Å²) in [5, 5.41) is 4.76. The average molecular weight is 387 g/mol. The van der Waals surface area contributed by atoms with Gasteiger partial charge in [-0.1, -0.05) is 12.1 Å². The summed E-state index contributed by atoms with van der Waals surface area (Å²) in [5.74, 6) is 3.19. The molecule has 29 heavy (non-hydrogen) atoms. The monoisotopic (exact) mass is 387 g/mol. The quantitative estimate of drug-likeness (QED) is 0.526. The zero-order valence-corrected chi connectivity index (χ0v) is 16.2. The van der Waals surface area contributed by atoms with Crippen LogP contribution >= 0.6 is 0 Å². The second kappa shape index (κ2) is 7.47. The van der Waals surface area contributed by atoms with Gasteiger partial charge in [-0.25, -0.2) is 9.50 Å². The van der Waals surface area contributed by atoms with Crippen LogP contribution < -0.4 is 14.2 Å². The van der Waals surface area contributed by atoms with E-state index in [9.17, 15) is 0 Å². The Bertz CT molecular complexity index is 1150. The SMILES string of the molecule is COc1ccc(-c2cccc3nc(Cc4ccc5c(c4)OCCCO5)nn23)cc1. The highest BCUT2D eigenvalue weighted by Gasteiger charge is 2.13. The third-order valence-electron chi connectivity index (χ3n) is 4.96. The molecule has 0 fully saturated rings. The topological polar surface area (TPSA) is 57.9 Å². The van der Waals surface area contributed by atoms with Gasteiger partial charge in [0.15, 0.2) is 23.0 Å². The number of methoxy groups -OCH3 is 1.